The van der Waals surface area contributed by atoms with Crippen molar-refractivity contribution >= 4 is 11.7 Å². The van der Waals surface area contributed by atoms with Crippen molar-refractivity contribution in [2.75, 3.05) is 37.6 Å². The summed E-state index contributed by atoms with van der Waals surface area (Å²) in [4.78, 5) is 23.3. The summed E-state index contributed by atoms with van der Waals surface area (Å²) < 4.78 is 38.3. The molecule has 1 saturated heterocycles. The van der Waals surface area contributed by atoms with Crippen LogP contribution in [-0.2, 0) is 11.0 Å². The molecule has 0 spiro atoms. The Bertz CT molecular complexity index is 573. The van der Waals surface area contributed by atoms with Gasteiger partial charge in [0.05, 0.1) is 0 Å². The summed E-state index contributed by atoms with van der Waals surface area (Å²) in [7, 11) is 0. The highest BCUT2D eigenvalue weighted by atomic mass is 19.4. The molecule has 1 aliphatic rings. The Morgan fingerprint density at radius 3 is 2.52 bits per heavy atom. The number of anilines is 1. The topological polar surface area (TPSA) is 75.4 Å². The van der Waals surface area contributed by atoms with Crippen LogP contribution in [0.5, 0.6) is 0 Å². The summed E-state index contributed by atoms with van der Waals surface area (Å²) in [6.07, 6.45) is -1.22. The molecular weight excluding hydrogens is 335 g/mol. The molecule has 1 aromatic heterocycles. The smallest absolute Gasteiger partial charge is 0.353 e. The lowest BCUT2D eigenvalue weighted by atomic mass is 9.98. The summed E-state index contributed by atoms with van der Waals surface area (Å²) in [5, 5.41) is 0. The molecule has 25 heavy (non-hydrogen) atoms. The molecule has 0 radical (unpaired) electrons. The summed E-state index contributed by atoms with van der Waals surface area (Å²) in [6, 6.07) is 0.952. The van der Waals surface area contributed by atoms with Gasteiger partial charge in [-0.05, 0) is 25.8 Å². The van der Waals surface area contributed by atoms with Gasteiger partial charge in [0, 0.05) is 38.2 Å². The van der Waals surface area contributed by atoms with Crippen LogP contribution in [-0.4, -0.2) is 53.5 Å². The fraction of sp³-hybridized carbons (Fsp3) is 0.688. The van der Waals surface area contributed by atoms with Crippen LogP contribution in [0.1, 0.15) is 31.9 Å². The van der Waals surface area contributed by atoms with E-state index in [0.29, 0.717) is 32.7 Å². The minimum Gasteiger partial charge on any atom is -0.353 e. The van der Waals surface area contributed by atoms with Gasteiger partial charge in [-0.1, -0.05) is 6.92 Å². The van der Waals surface area contributed by atoms with E-state index in [1.807, 2.05) is 6.92 Å². The molecule has 0 saturated carbocycles. The van der Waals surface area contributed by atoms with Crippen LogP contribution in [0.15, 0.2) is 12.4 Å². The molecule has 0 bridgehead atoms. The minimum atomic E-state index is -4.49. The first-order chi connectivity index (χ1) is 11.9. The van der Waals surface area contributed by atoms with Crippen molar-refractivity contribution in [3.63, 3.8) is 0 Å². The maximum Gasteiger partial charge on any atom is 0.433 e. The highest BCUT2D eigenvalue weighted by molar-refractivity contribution is 5.79. The number of hydrogen-bond donors (Lipinski definition) is 1. The minimum absolute atomic E-state index is 0.0361. The molecule has 0 aliphatic carbocycles. The summed E-state index contributed by atoms with van der Waals surface area (Å²) in [5.41, 5.74) is 4.56. The highest BCUT2D eigenvalue weighted by Gasteiger charge is 2.34. The van der Waals surface area contributed by atoms with E-state index in [1.54, 1.807) is 9.80 Å². The number of rotatable bonds is 6. The fourth-order valence-corrected chi connectivity index (χ4v) is 2.96. The van der Waals surface area contributed by atoms with E-state index >= 15 is 0 Å². The van der Waals surface area contributed by atoms with E-state index in [-0.39, 0.29) is 17.6 Å². The maximum absolute atomic E-state index is 12.8. The Hall–Kier alpha value is -1.90. The molecule has 1 fully saturated rings. The number of hydrogen-bond acceptors (Lipinski definition) is 5. The Balaban J connectivity index is 1.96. The van der Waals surface area contributed by atoms with Crippen molar-refractivity contribution in [2.24, 2.45) is 11.7 Å². The van der Waals surface area contributed by atoms with Gasteiger partial charge in [0.15, 0.2) is 0 Å². The van der Waals surface area contributed by atoms with Crippen LogP contribution < -0.4 is 10.6 Å². The van der Waals surface area contributed by atoms with Gasteiger partial charge in [-0.25, -0.2) is 9.97 Å². The first-order valence-electron chi connectivity index (χ1n) is 8.49. The fourth-order valence-electron chi connectivity index (χ4n) is 2.96. The van der Waals surface area contributed by atoms with Crippen molar-refractivity contribution in [2.45, 2.75) is 32.4 Å². The molecule has 0 unspecified atom stereocenters. The first kappa shape index (κ1) is 19.4. The Kier molecular flexibility index (Phi) is 6.57. The first-order valence-corrected chi connectivity index (χ1v) is 8.49. The summed E-state index contributed by atoms with van der Waals surface area (Å²) in [5.74, 6) is 0.310. The summed E-state index contributed by atoms with van der Waals surface area (Å²) >= 11 is 0. The molecule has 9 heteroatoms. The number of nitrogens with two attached hydrogens (primary N) is 1. The summed E-state index contributed by atoms with van der Waals surface area (Å²) in [6.45, 7) is 4.40. The number of halogens is 3. The zero-order chi connectivity index (χ0) is 18.4. The number of carbonyl (C=O) groups is 1. The highest BCUT2D eigenvalue weighted by Crippen LogP contribution is 2.29. The van der Waals surface area contributed by atoms with Gasteiger partial charge < -0.3 is 15.5 Å². The van der Waals surface area contributed by atoms with Gasteiger partial charge in [-0.2, -0.15) is 13.2 Å². The van der Waals surface area contributed by atoms with Gasteiger partial charge >= 0.3 is 6.18 Å². The van der Waals surface area contributed by atoms with E-state index in [2.05, 4.69) is 9.97 Å². The molecule has 1 aliphatic heterocycles. The van der Waals surface area contributed by atoms with E-state index in [1.165, 1.54) is 0 Å². The Morgan fingerprint density at radius 1 is 1.28 bits per heavy atom. The molecule has 0 aromatic carbocycles. The van der Waals surface area contributed by atoms with Gasteiger partial charge in [0.25, 0.3) is 0 Å². The number of amides is 1. The van der Waals surface area contributed by atoms with Gasteiger partial charge in [-0.15, -0.1) is 0 Å². The van der Waals surface area contributed by atoms with Crippen LogP contribution in [0.3, 0.4) is 0 Å². The molecule has 2 heterocycles. The average Bonchev–Trinajstić information content (AvgIpc) is 2.61. The van der Waals surface area contributed by atoms with Crippen LogP contribution in [0, 0.1) is 5.92 Å². The van der Waals surface area contributed by atoms with Crippen molar-refractivity contribution in [1.29, 1.82) is 0 Å². The molecule has 1 amide bonds. The number of alkyl halides is 3. The lowest BCUT2D eigenvalue weighted by Crippen LogP contribution is -2.50. The van der Waals surface area contributed by atoms with Crippen LogP contribution in [0.2, 0.25) is 0 Å². The van der Waals surface area contributed by atoms with Gasteiger partial charge in [0.2, 0.25) is 5.91 Å². The standard InChI is InChI=1S/C16H24F3N5O/c1-2-12(4-3-5-20)15(25)24-8-6-23(7-9-24)14-10-13(16(17,18)19)21-11-22-14/h10-12H,2-9,20H2,1H3/t12-/m1/s1. The van der Waals surface area contributed by atoms with Gasteiger partial charge in [-0.3, -0.25) is 4.79 Å². The molecule has 2 rings (SSSR count). The van der Waals surface area contributed by atoms with E-state index in [0.717, 1.165) is 31.7 Å². The largest absolute Gasteiger partial charge is 0.433 e. The lowest BCUT2D eigenvalue weighted by molar-refractivity contribution is -0.141. The van der Waals surface area contributed by atoms with Crippen LogP contribution in [0.25, 0.3) is 0 Å². The second-order valence-corrected chi connectivity index (χ2v) is 6.11. The predicted octanol–water partition coefficient (Wildman–Crippen LogP) is 1.91. The molecular formula is C16H24F3N5O. The molecule has 2 N–H and O–H groups in total. The second-order valence-electron chi connectivity index (χ2n) is 6.11. The van der Waals surface area contributed by atoms with Crippen LogP contribution in [0.4, 0.5) is 19.0 Å². The normalized spacial score (nSPS) is 16.8. The third-order valence-electron chi connectivity index (χ3n) is 4.46. The third-order valence-corrected chi connectivity index (χ3v) is 4.46. The number of aromatic nitrogens is 2. The molecule has 1 atom stereocenters. The Labute approximate surface area is 145 Å². The van der Waals surface area contributed by atoms with Crippen molar-refractivity contribution < 1.29 is 18.0 Å². The quantitative estimate of drug-likeness (QED) is 0.840. The number of piperazine rings is 1. The van der Waals surface area contributed by atoms with Crippen molar-refractivity contribution in [3.8, 4) is 0 Å². The SMILES string of the molecule is CC[C@H](CCCN)C(=O)N1CCN(c2cc(C(F)(F)F)ncn2)CC1. The third kappa shape index (κ3) is 5.04. The maximum atomic E-state index is 12.8. The molecule has 6 nitrogen and oxygen atoms in total. The average molecular weight is 359 g/mol. The zero-order valence-corrected chi connectivity index (χ0v) is 14.3. The van der Waals surface area contributed by atoms with Crippen molar-refractivity contribution in [1.82, 2.24) is 14.9 Å². The second kappa shape index (κ2) is 8.46. The predicted molar refractivity (Wildman–Crippen MR) is 87.9 cm³/mol. The number of nitrogens with zero attached hydrogens (tertiary/aromatic N) is 4. The monoisotopic (exact) mass is 359 g/mol. The van der Waals surface area contributed by atoms with E-state index in [4.69, 9.17) is 5.73 Å². The Morgan fingerprint density at radius 2 is 1.96 bits per heavy atom. The van der Waals surface area contributed by atoms with E-state index in [9.17, 15) is 18.0 Å². The molecule has 1 aromatic rings. The lowest BCUT2D eigenvalue weighted by Gasteiger charge is -2.37. The van der Waals surface area contributed by atoms with Crippen LogP contribution >= 0.6 is 0 Å². The van der Waals surface area contributed by atoms with Gasteiger partial charge in [0.1, 0.15) is 17.8 Å². The van der Waals surface area contributed by atoms with E-state index < -0.39 is 11.9 Å². The van der Waals surface area contributed by atoms with Crippen molar-refractivity contribution in [3.05, 3.63) is 18.1 Å². The number of carbonyl (C=O) groups excluding carboxylic acids is 1. The zero-order valence-electron chi connectivity index (χ0n) is 14.3. The molecule has 140 valence electrons.